The number of carbonyl (C=O) groups excluding carboxylic acids is 1. The number of piperazine rings is 1. The highest BCUT2D eigenvalue weighted by Crippen LogP contribution is 2.19. The van der Waals surface area contributed by atoms with Crippen LogP contribution in [0.25, 0.3) is 5.65 Å². The molecule has 10 nitrogen and oxygen atoms in total. The van der Waals surface area contributed by atoms with Crippen molar-refractivity contribution in [2.24, 2.45) is 0 Å². The van der Waals surface area contributed by atoms with Crippen LogP contribution in [0.3, 0.4) is 0 Å². The van der Waals surface area contributed by atoms with Crippen LogP contribution >= 0.6 is 0 Å². The molecule has 1 aliphatic rings. The maximum atomic E-state index is 12.8. The van der Waals surface area contributed by atoms with Gasteiger partial charge in [-0.15, -0.1) is 0 Å². The Morgan fingerprint density at radius 2 is 1.84 bits per heavy atom. The van der Waals surface area contributed by atoms with E-state index in [1.165, 1.54) is 14.8 Å². The van der Waals surface area contributed by atoms with E-state index in [-0.39, 0.29) is 5.91 Å². The number of amides is 1. The molecule has 0 aromatic carbocycles. The molecule has 0 aliphatic carbocycles. The van der Waals surface area contributed by atoms with Gasteiger partial charge in [0.1, 0.15) is 11.6 Å². The highest BCUT2D eigenvalue weighted by atomic mass is 32.2. The van der Waals surface area contributed by atoms with Gasteiger partial charge in [-0.05, 0) is 25.8 Å². The predicted octanol–water partition coefficient (Wildman–Crippen LogP) is 0.881. The molecule has 3 heterocycles. The van der Waals surface area contributed by atoms with Crippen molar-refractivity contribution in [3.63, 3.8) is 0 Å². The first-order chi connectivity index (χ1) is 14.7. The van der Waals surface area contributed by atoms with Crippen LogP contribution in [0.2, 0.25) is 0 Å². The lowest BCUT2D eigenvalue weighted by molar-refractivity contribution is -0.132. The smallest absolute Gasteiger partial charge is 0.282 e. The molecule has 168 valence electrons. The third-order valence-electron chi connectivity index (χ3n) is 5.87. The molecule has 1 amide bonds. The maximum absolute atomic E-state index is 12.8. The van der Waals surface area contributed by atoms with Crippen molar-refractivity contribution in [2.75, 3.05) is 39.3 Å². The summed E-state index contributed by atoms with van der Waals surface area (Å²) in [6.45, 7) is 9.68. The minimum atomic E-state index is -3.47. The molecule has 31 heavy (non-hydrogen) atoms. The second kappa shape index (κ2) is 9.30. The van der Waals surface area contributed by atoms with Gasteiger partial charge in [-0.2, -0.15) is 27.4 Å². The number of nitriles is 1. The first-order valence-corrected chi connectivity index (χ1v) is 11.9. The number of rotatable bonds is 7. The molecule has 0 spiro atoms. The van der Waals surface area contributed by atoms with Gasteiger partial charge in [0, 0.05) is 57.1 Å². The van der Waals surface area contributed by atoms with Crippen LogP contribution < -0.4 is 0 Å². The molecule has 2 aromatic heterocycles. The summed E-state index contributed by atoms with van der Waals surface area (Å²) in [5, 5.41) is 13.4. The summed E-state index contributed by atoms with van der Waals surface area (Å²) in [5.74, 6) is -0.00281. The summed E-state index contributed by atoms with van der Waals surface area (Å²) in [6, 6.07) is 2.09. The highest BCUT2D eigenvalue weighted by Gasteiger charge is 2.32. The third-order valence-corrected chi connectivity index (χ3v) is 8.05. The van der Waals surface area contributed by atoms with E-state index in [9.17, 15) is 18.5 Å². The van der Waals surface area contributed by atoms with Gasteiger partial charge in [0.25, 0.3) is 10.2 Å². The van der Waals surface area contributed by atoms with Crippen LogP contribution in [0, 0.1) is 25.2 Å². The number of nitrogens with zero attached hydrogens (tertiary/aromatic N) is 7. The van der Waals surface area contributed by atoms with Gasteiger partial charge in [0.15, 0.2) is 5.65 Å². The summed E-state index contributed by atoms with van der Waals surface area (Å²) in [6.07, 6.45) is 2.32. The summed E-state index contributed by atoms with van der Waals surface area (Å²) < 4.78 is 29.8. The standard InChI is InChI=1S/C20H29N7O3S/c1-5-25(6-2)31(29,30)26-11-9-24(10-12-26)19(28)8-7-18-15(3)23-20-17(13-21)14-22-27(20)16(18)4/h14H,5-12H2,1-4H3. The molecule has 0 N–H and O–H groups in total. The number of aryl methyl sites for hydroxylation is 2. The zero-order valence-corrected chi connectivity index (χ0v) is 19.3. The van der Waals surface area contributed by atoms with E-state index < -0.39 is 10.2 Å². The van der Waals surface area contributed by atoms with Gasteiger partial charge in [-0.1, -0.05) is 13.8 Å². The Hall–Kier alpha value is -2.55. The minimum absolute atomic E-state index is 0.00281. The van der Waals surface area contributed by atoms with Crippen LogP contribution in [0.4, 0.5) is 0 Å². The molecular formula is C20H29N7O3S. The second-order valence-electron chi connectivity index (χ2n) is 7.54. The molecule has 0 atom stereocenters. The van der Waals surface area contributed by atoms with Crippen LogP contribution in [-0.2, 0) is 21.4 Å². The number of hydrogen-bond donors (Lipinski definition) is 0. The Morgan fingerprint density at radius 1 is 1.19 bits per heavy atom. The maximum Gasteiger partial charge on any atom is 0.282 e. The zero-order valence-electron chi connectivity index (χ0n) is 18.5. The molecular weight excluding hydrogens is 418 g/mol. The van der Waals surface area contributed by atoms with Crippen molar-refractivity contribution in [3.8, 4) is 6.07 Å². The van der Waals surface area contributed by atoms with Crippen molar-refractivity contribution < 1.29 is 13.2 Å². The summed E-state index contributed by atoms with van der Waals surface area (Å²) in [5.41, 5.74) is 3.54. The SMILES string of the molecule is CCN(CC)S(=O)(=O)N1CCN(C(=O)CCc2c(C)nc3c(C#N)cnn3c2C)CC1. The Bertz CT molecular complexity index is 1110. The van der Waals surface area contributed by atoms with E-state index >= 15 is 0 Å². The van der Waals surface area contributed by atoms with Crippen LogP contribution in [0.1, 0.15) is 42.8 Å². The van der Waals surface area contributed by atoms with E-state index in [1.807, 2.05) is 27.7 Å². The highest BCUT2D eigenvalue weighted by molar-refractivity contribution is 7.86. The van der Waals surface area contributed by atoms with Crippen molar-refractivity contribution in [3.05, 3.63) is 28.7 Å². The average molecular weight is 448 g/mol. The van der Waals surface area contributed by atoms with Gasteiger partial charge >= 0.3 is 0 Å². The average Bonchev–Trinajstić information content (AvgIpc) is 3.17. The molecule has 0 bridgehead atoms. The van der Waals surface area contributed by atoms with Crippen molar-refractivity contribution in [1.29, 1.82) is 5.26 Å². The number of fused-ring (bicyclic) bond motifs is 1. The van der Waals surface area contributed by atoms with E-state index in [2.05, 4.69) is 16.2 Å². The quantitative estimate of drug-likeness (QED) is 0.622. The molecule has 0 radical (unpaired) electrons. The molecule has 0 saturated carbocycles. The van der Waals surface area contributed by atoms with Crippen LogP contribution in [0.15, 0.2) is 6.20 Å². The lowest BCUT2D eigenvalue weighted by Gasteiger charge is -2.36. The Kier molecular flexibility index (Phi) is 6.93. The fourth-order valence-electron chi connectivity index (χ4n) is 4.02. The topological polar surface area (TPSA) is 115 Å². The largest absolute Gasteiger partial charge is 0.340 e. The predicted molar refractivity (Wildman–Crippen MR) is 115 cm³/mol. The molecule has 2 aromatic rings. The van der Waals surface area contributed by atoms with Gasteiger partial charge < -0.3 is 4.90 Å². The van der Waals surface area contributed by atoms with Crippen molar-refractivity contribution >= 4 is 21.8 Å². The number of hydrogen-bond acceptors (Lipinski definition) is 6. The molecule has 1 saturated heterocycles. The molecule has 1 fully saturated rings. The summed E-state index contributed by atoms with van der Waals surface area (Å²) in [4.78, 5) is 19.0. The van der Waals surface area contributed by atoms with Crippen LogP contribution in [-0.4, -0.2) is 81.7 Å². The Balaban J connectivity index is 1.63. The van der Waals surface area contributed by atoms with E-state index in [0.717, 1.165) is 17.0 Å². The minimum Gasteiger partial charge on any atom is -0.340 e. The Morgan fingerprint density at radius 3 is 2.42 bits per heavy atom. The molecule has 1 aliphatic heterocycles. The zero-order chi connectivity index (χ0) is 22.8. The van der Waals surface area contributed by atoms with Crippen molar-refractivity contribution in [1.82, 2.24) is 28.1 Å². The molecule has 11 heteroatoms. The van der Waals surface area contributed by atoms with E-state index in [4.69, 9.17) is 0 Å². The third kappa shape index (κ3) is 4.42. The second-order valence-corrected chi connectivity index (χ2v) is 9.47. The Labute approximate surface area is 183 Å². The summed E-state index contributed by atoms with van der Waals surface area (Å²) in [7, 11) is -3.47. The van der Waals surface area contributed by atoms with Gasteiger partial charge in [-0.3, -0.25) is 4.79 Å². The fourth-order valence-corrected chi connectivity index (χ4v) is 5.63. The van der Waals surface area contributed by atoms with Gasteiger partial charge in [0.2, 0.25) is 5.91 Å². The normalized spacial score (nSPS) is 15.5. The van der Waals surface area contributed by atoms with Gasteiger partial charge in [0.05, 0.1) is 6.20 Å². The first-order valence-electron chi connectivity index (χ1n) is 10.5. The number of carbonyl (C=O) groups is 1. The fraction of sp³-hybridized carbons (Fsp3) is 0.600. The van der Waals surface area contributed by atoms with E-state index in [1.54, 1.807) is 9.42 Å². The van der Waals surface area contributed by atoms with Gasteiger partial charge in [-0.25, -0.2) is 9.50 Å². The molecule has 3 rings (SSSR count). The molecule has 0 unspecified atom stereocenters. The van der Waals surface area contributed by atoms with Crippen molar-refractivity contribution in [2.45, 2.75) is 40.5 Å². The lowest BCUT2D eigenvalue weighted by atomic mass is 10.1. The summed E-state index contributed by atoms with van der Waals surface area (Å²) >= 11 is 0. The van der Waals surface area contributed by atoms with Crippen LogP contribution in [0.5, 0.6) is 0 Å². The van der Waals surface area contributed by atoms with E-state index in [0.29, 0.717) is 63.3 Å². The lowest BCUT2D eigenvalue weighted by Crippen LogP contribution is -2.54. The first kappa shape index (κ1) is 23.1. The monoisotopic (exact) mass is 447 g/mol. The number of aromatic nitrogens is 3.